The largest absolute Gasteiger partial charge is 0.380 e. The maximum atomic E-state index is 5.55. The number of nitrogens with zero attached hydrogens (tertiary/aromatic N) is 2. The Morgan fingerprint density at radius 3 is 2.67 bits per heavy atom. The monoisotopic (exact) mass is 317 g/mol. The summed E-state index contributed by atoms with van der Waals surface area (Å²) in [5.41, 5.74) is 2.21. The molecule has 0 spiro atoms. The molecule has 0 aliphatic rings. The van der Waals surface area contributed by atoms with Crippen molar-refractivity contribution in [1.82, 2.24) is 15.1 Å². The van der Waals surface area contributed by atoms with Crippen LogP contribution in [0.2, 0.25) is 0 Å². The Morgan fingerprint density at radius 1 is 1.39 bits per heavy atom. The van der Waals surface area contributed by atoms with Crippen LogP contribution in [0.1, 0.15) is 31.7 Å². The van der Waals surface area contributed by atoms with Crippen molar-refractivity contribution in [2.24, 2.45) is 13.0 Å². The van der Waals surface area contributed by atoms with E-state index in [-0.39, 0.29) is 0 Å². The number of halogens is 1. The third-order valence-corrected chi connectivity index (χ3v) is 3.85. The average molecular weight is 318 g/mol. The Morgan fingerprint density at radius 2 is 2.11 bits per heavy atom. The van der Waals surface area contributed by atoms with Crippen LogP contribution >= 0.6 is 15.9 Å². The smallest absolute Gasteiger partial charge is 0.0739 e. The summed E-state index contributed by atoms with van der Waals surface area (Å²) in [5.74, 6) is 0.714. The van der Waals surface area contributed by atoms with Gasteiger partial charge in [-0.15, -0.1) is 0 Å². The molecule has 1 N–H and O–H groups in total. The van der Waals surface area contributed by atoms with Crippen molar-refractivity contribution >= 4 is 15.9 Å². The van der Waals surface area contributed by atoms with E-state index in [9.17, 15) is 0 Å². The molecule has 1 aromatic rings. The summed E-state index contributed by atoms with van der Waals surface area (Å²) in [6, 6.07) is 0. The standard InChI is InChI=1S/C13H24BrN3O/c1-10(2)5-7-18-8-6-15-9-12-13(14)11(3)16-17(12)4/h10,15H,5-9H2,1-4H3. The van der Waals surface area contributed by atoms with E-state index in [2.05, 4.69) is 40.2 Å². The van der Waals surface area contributed by atoms with Crippen molar-refractivity contribution in [2.45, 2.75) is 33.7 Å². The lowest BCUT2D eigenvalue weighted by Gasteiger charge is -2.08. The molecule has 0 fully saturated rings. The molecule has 0 aromatic carbocycles. The molecule has 0 aliphatic heterocycles. The van der Waals surface area contributed by atoms with Gasteiger partial charge in [-0.25, -0.2) is 0 Å². The Hall–Kier alpha value is -0.390. The number of hydrogen-bond acceptors (Lipinski definition) is 3. The minimum absolute atomic E-state index is 0.714. The van der Waals surface area contributed by atoms with Gasteiger partial charge in [0.25, 0.3) is 0 Å². The van der Waals surface area contributed by atoms with Gasteiger partial charge >= 0.3 is 0 Å². The summed E-state index contributed by atoms with van der Waals surface area (Å²) in [6.07, 6.45) is 1.13. The minimum atomic E-state index is 0.714. The molecule has 0 bridgehead atoms. The zero-order chi connectivity index (χ0) is 13.5. The van der Waals surface area contributed by atoms with E-state index in [1.165, 1.54) is 5.69 Å². The Balaban J connectivity index is 2.14. The van der Waals surface area contributed by atoms with Crippen molar-refractivity contribution in [2.75, 3.05) is 19.8 Å². The van der Waals surface area contributed by atoms with Crippen LogP contribution in [0.25, 0.3) is 0 Å². The van der Waals surface area contributed by atoms with Gasteiger partial charge in [-0.05, 0) is 35.2 Å². The summed E-state index contributed by atoms with van der Waals surface area (Å²) < 4.78 is 8.56. The second-order valence-corrected chi connectivity index (χ2v) is 5.73. The lowest BCUT2D eigenvalue weighted by Crippen LogP contribution is -2.21. The van der Waals surface area contributed by atoms with Gasteiger partial charge < -0.3 is 10.1 Å². The van der Waals surface area contributed by atoms with Crippen molar-refractivity contribution in [3.63, 3.8) is 0 Å². The Labute approximate surface area is 118 Å². The number of aryl methyl sites for hydroxylation is 2. The second-order valence-electron chi connectivity index (χ2n) is 4.94. The highest BCUT2D eigenvalue weighted by Gasteiger charge is 2.09. The van der Waals surface area contributed by atoms with E-state index in [1.807, 2.05) is 18.7 Å². The number of rotatable bonds is 8. The summed E-state index contributed by atoms with van der Waals surface area (Å²) >= 11 is 3.56. The van der Waals surface area contributed by atoms with Crippen LogP contribution in [-0.4, -0.2) is 29.5 Å². The number of nitrogens with one attached hydrogen (secondary N) is 1. The van der Waals surface area contributed by atoms with Crippen LogP contribution in [0.15, 0.2) is 4.47 Å². The SMILES string of the molecule is Cc1nn(C)c(CNCCOCCC(C)C)c1Br. The second kappa shape index (κ2) is 7.92. The highest BCUT2D eigenvalue weighted by atomic mass is 79.9. The fourth-order valence-corrected chi connectivity index (χ4v) is 2.12. The molecule has 0 radical (unpaired) electrons. The van der Waals surface area contributed by atoms with E-state index >= 15 is 0 Å². The van der Waals surface area contributed by atoms with E-state index in [1.54, 1.807) is 0 Å². The first-order valence-electron chi connectivity index (χ1n) is 6.48. The van der Waals surface area contributed by atoms with Crippen molar-refractivity contribution in [3.8, 4) is 0 Å². The maximum absolute atomic E-state index is 5.55. The van der Waals surface area contributed by atoms with Gasteiger partial charge in [0, 0.05) is 26.7 Å². The highest BCUT2D eigenvalue weighted by molar-refractivity contribution is 9.10. The molecule has 18 heavy (non-hydrogen) atoms. The summed E-state index contributed by atoms with van der Waals surface area (Å²) in [4.78, 5) is 0. The summed E-state index contributed by atoms with van der Waals surface area (Å²) in [5, 5.41) is 7.73. The van der Waals surface area contributed by atoms with Crippen LogP contribution in [0, 0.1) is 12.8 Å². The van der Waals surface area contributed by atoms with Gasteiger partial charge in [0.15, 0.2) is 0 Å². The Kier molecular flexibility index (Phi) is 6.89. The predicted octanol–water partition coefficient (Wildman–Crippen LogP) is 2.64. The fourth-order valence-electron chi connectivity index (χ4n) is 1.64. The van der Waals surface area contributed by atoms with Gasteiger partial charge in [-0.3, -0.25) is 4.68 Å². The summed E-state index contributed by atoms with van der Waals surface area (Å²) in [6.45, 7) is 9.73. The zero-order valence-electron chi connectivity index (χ0n) is 11.8. The molecular weight excluding hydrogens is 294 g/mol. The van der Waals surface area contributed by atoms with Crippen LogP contribution in [0.3, 0.4) is 0 Å². The molecule has 0 saturated heterocycles. The lowest BCUT2D eigenvalue weighted by molar-refractivity contribution is 0.125. The normalized spacial score (nSPS) is 11.4. The molecule has 1 heterocycles. The molecule has 1 aromatic heterocycles. The first kappa shape index (κ1) is 15.7. The number of ether oxygens (including phenoxy) is 1. The molecule has 0 unspecified atom stereocenters. The predicted molar refractivity (Wildman–Crippen MR) is 77.6 cm³/mol. The zero-order valence-corrected chi connectivity index (χ0v) is 13.4. The van der Waals surface area contributed by atoms with Crippen LogP contribution in [-0.2, 0) is 18.3 Å². The molecule has 5 heteroatoms. The van der Waals surface area contributed by atoms with Gasteiger partial charge in [0.1, 0.15) is 0 Å². The topological polar surface area (TPSA) is 39.1 Å². The third-order valence-electron chi connectivity index (χ3n) is 2.82. The molecule has 0 saturated carbocycles. The average Bonchev–Trinajstić information content (AvgIpc) is 2.53. The third kappa shape index (κ3) is 5.08. The van der Waals surface area contributed by atoms with E-state index in [0.29, 0.717) is 5.92 Å². The number of aromatic nitrogens is 2. The first-order valence-corrected chi connectivity index (χ1v) is 7.28. The lowest BCUT2D eigenvalue weighted by atomic mass is 10.1. The van der Waals surface area contributed by atoms with Gasteiger partial charge in [-0.2, -0.15) is 5.10 Å². The van der Waals surface area contributed by atoms with Crippen LogP contribution in [0.5, 0.6) is 0 Å². The highest BCUT2D eigenvalue weighted by Crippen LogP contribution is 2.19. The van der Waals surface area contributed by atoms with Gasteiger partial charge in [0.05, 0.1) is 22.5 Å². The van der Waals surface area contributed by atoms with Crippen molar-refractivity contribution in [3.05, 3.63) is 15.9 Å². The van der Waals surface area contributed by atoms with Crippen LogP contribution < -0.4 is 5.32 Å². The molecule has 4 nitrogen and oxygen atoms in total. The first-order chi connectivity index (χ1) is 8.52. The minimum Gasteiger partial charge on any atom is -0.380 e. The quantitative estimate of drug-likeness (QED) is 0.749. The van der Waals surface area contributed by atoms with E-state index in [4.69, 9.17) is 4.74 Å². The Bertz CT molecular complexity index is 363. The molecule has 0 amide bonds. The van der Waals surface area contributed by atoms with E-state index < -0.39 is 0 Å². The number of hydrogen-bond donors (Lipinski definition) is 1. The molecular formula is C13H24BrN3O. The molecule has 104 valence electrons. The molecule has 1 rings (SSSR count). The van der Waals surface area contributed by atoms with Crippen molar-refractivity contribution < 1.29 is 4.74 Å². The fraction of sp³-hybridized carbons (Fsp3) is 0.769. The molecule has 0 atom stereocenters. The maximum Gasteiger partial charge on any atom is 0.0739 e. The van der Waals surface area contributed by atoms with Gasteiger partial charge in [-0.1, -0.05) is 13.8 Å². The summed E-state index contributed by atoms with van der Waals surface area (Å²) in [7, 11) is 1.97. The van der Waals surface area contributed by atoms with Crippen LogP contribution in [0.4, 0.5) is 0 Å². The van der Waals surface area contributed by atoms with Crippen molar-refractivity contribution in [1.29, 1.82) is 0 Å². The van der Waals surface area contributed by atoms with E-state index in [0.717, 1.165) is 42.9 Å². The molecule has 0 aliphatic carbocycles. The van der Waals surface area contributed by atoms with Gasteiger partial charge in [0.2, 0.25) is 0 Å².